The van der Waals surface area contributed by atoms with Crippen molar-refractivity contribution in [1.29, 1.82) is 0 Å². The van der Waals surface area contributed by atoms with E-state index >= 15 is 0 Å². The van der Waals surface area contributed by atoms with Crippen LogP contribution in [-0.2, 0) is 26.2 Å². The molecule has 0 unspecified atom stereocenters. The van der Waals surface area contributed by atoms with E-state index in [9.17, 15) is 18.0 Å². The molecule has 0 saturated carbocycles. The van der Waals surface area contributed by atoms with E-state index in [4.69, 9.17) is 11.6 Å². The highest BCUT2D eigenvalue weighted by Crippen LogP contribution is 2.23. The van der Waals surface area contributed by atoms with Crippen LogP contribution in [0.2, 0.25) is 5.02 Å². The largest absolute Gasteiger partial charge is 0.352 e. The third kappa shape index (κ3) is 7.47. The first-order valence-corrected chi connectivity index (χ1v) is 13.0. The topological polar surface area (TPSA) is 86.8 Å². The van der Waals surface area contributed by atoms with Gasteiger partial charge in [0.15, 0.2) is 0 Å². The minimum atomic E-state index is -3.75. The molecule has 0 radical (unpaired) electrons. The Labute approximate surface area is 201 Å². The van der Waals surface area contributed by atoms with Crippen molar-refractivity contribution >= 4 is 39.1 Å². The molecule has 0 aliphatic heterocycles. The molecule has 0 aromatic heterocycles. The maximum atomic E-state index is 13.6. The monoisotopic (exact) mass is 493 g/mol. The van der Waals surface area contributed by atoms with Gasteiger partial charge < -0.3 is 10.2 Å². The first-order valence-electron chi connectivity index (χ1n) is 10.8. The quantitative estimate of drug-likeness (QED) is 0.546. The van der Waals surface area contributed by atoms with Gasteiger partial charge in [0.1, 0.15) is 12.6 Å². The van der Waals surface area contributed by atoms with Crippen LogP contribution in [0.5, 0.6) is 0 Å². The van der Waals surface area contributed by atoms with Gasteiger partial charge in [-0.15, -0.1) is 0 Å². The molecule has 0 heterocycles. The van der Waals surface area contributed by atoms with Crippen molar-refractivity contribution < 1.29 is 18.0 Å². The molecule has 0 bridgehead atoms. The second-order valence-corrected chi connectivity index (χ2v) is 10.6. The highest BCUT2D eigenvalue weighted by atomic mass is 35.5. The Kier molecular flexibility index (Phi) is 9.31. The maximum absolute atomic E-state index is 13.6. The number of carbonyl (C=O) groups is 2. The zero-order chi connectivity index (χ0) is 24.8. The van der Waals surface area contributed by atoms with Crippen LogP contribution in [0.25, 0.3) is 0 Å². The Morgan fingerprint density at radius 2 is 1.67 bits per heavy atom. The fourth-order valence-electron chi connectivity index (χ4n) is 3.52. The van der Waals surface area contributed by atoms with E-state index in [2.05, 4.69) is 5.32 Å². The van der Waals surface area contributed by atoms with Crippen molar-refractivity contribution in [3.8, 4) is 0 Å². The van der Waals surface area contributed by atoms with Crippen molar-refractivity contribution in [1.82, 2.24) is 10.2 Å². The molecule has 0 saturated heterocycles. The summed E-state index contributed by atoms with van der Waals surface area (Å²) in [6, 6.07) is 13.1. The van der Waals surface area contributed by atoms with E-state index in [1.807, 2.05) is 20.8 Å². The Balaban J connectivity index is 2.44. The summed E-state index contributed by atoms with van der Waals surface area (Å²) < 4.78 is 26.3. The molecule has 2 amide bonds. The number of carbonyl (C=O) groups excluding carboxylic acids is 2. The number of anilines is 1. The predicted molar refractivity (Wildman–Crippen MR) is 133 cm³/mol. The van der Waals surface area contributed by atoms with Gasteiger partial charge in [0.25, 0.3) is 0 Å². The second kappa shape index (κ2) is 11.5. The summed E-state index contributed by atoms with van der Waals surface area (Å²) in [4.78, 5) is 27.9. The first kappa shape index (κ1) is 26.7. The number of nitrogens with zero attached hydrogens (tertiary/aromatic N) is 2. The van der Waals surface area contributed by atoms with Gasteiger partial charge in [-0.25, -0.2) is 8.42 Å². The number of aryl methyl sites for hydroxylation is 1. The molecular formula is C24H32ClN3O4S. The van der Waals surface area contributed by atoms with Gasteiger partial charge in [-0.3, -0.25) is 13.9 Å². The van der Waals surface area contributed by atoms with Crippen LogP contribution >= 0.6 is 11.6 Å². The molecular weight excluding hydrogens is 462 g/mol. The highest BCUT2D eigenvalue weighted by Gasteiger charge is 2.32. The van der Waals surface area contributed by atoms with Gasteiger partial charge in [-0.05, 0) is 56.5 Å². The summed E-state index contributed by atoms with van der Waals surface area (Å²) in [6.07, 6.45) is 1.44. The van der Waals surface area contributed by atoms with E-state index in [1.54, 1.807) is 55.5 Å². The highest BCUT2D eigenvalue weighted by molar-refractivity contribution is 7.92. The van der Waals surface area contributed by atoms with Gasteiger partial charge in [-0.1, -0.05) is 48.9 Å². The molecule has 0 spiro atoms. The lowest BCUT2D eigenvalue weighted by atomic mass is 10.1. The average molecular weight is 494 g/mol. The van der Waals surface area contributed by atoms with Crippen molar-refractivity contribution in [3.63, 3.8) is 0 Å². The zero-order valence-corrected chi connectivity index (χ0v) is 21.3. The normalized spacial score (nSPS) is 12.3. The molecule has 180 valence electrons. The molecule has 1 N–H and O–H groups in total. The summed E-state index contributed by atoms with van der Waals surface area (Å²) in [7, 11) is -3.75. The van der Waals surface area contributed by atoms with Gasteiger partial charge in [0.05, 0.1) is 11.9 Å². The summed E-state index contributed by atoms with van der Waals surface area (Å²) in [5, 5.41) is 3.42. The fraction of sp³-hybridized carbons (Fsp3) is 0.417. The van der Waals surface area contributed by atoms with E-state index in [0.29, 0.717) is 17.1 Å². The molecule has 0 aliphatic carbocycles. The Morgan fingerprint density at radius 1 is 1.06 bits per heavy atom. The zero-order valence-electron chi connectivity index (χ0n) is 19.7. The van der Waals surface area contributed by atoms with Crippen LogP contribution in [0.3, 0.4) is 0 Å². The van der Waals surface area contributed by atoms with E-state index in [-0.39, 0.29) is 18.5 Å². The maximum Gasteiger partial charge on any atom is 0.244 e. The van der Waals surface area contributed by atoms with Crippen molar-refractivity contribution in [2.24, 2.45) is 0 Å². The molecule has 9 heteroatoms. The van der Waals surface area contributed by atoms with Gasteiger partial charge in [-0.2, -0.15) is 0 Å². The summed E-state index contributed by atoms with van der Waals surface area (Å²) in [5.41, 5.74) is 1.94. The second-order valence-electron chi connectivity index (χ2n) is 8.29. The van der Waals surface area contributed by atoms with Gasteiger partial charge in [0.2, 0.25) is 21.8 Å². The number of rotatable bonds is 10. The molecule has 2 aromatic carbocycles. The lowest BCUT2D eigenvalue weighted by Crippen LogP contribution is -2.53. The lowest BCUT2D eigenvalue weighted by Gasteiger charge is -2.33. The van der Waals surface area contributed by atoms with Crippen LogP contribution in [0, 0.1) is 6.92 Å². The Bertz CT molecular complexity index is 1070. The number of amides is 2. The van der Waals surface area contributed by atoms with E-state index in [1.165, 1.54) is 4.90 Å². The number of sulfonamides is 1. The van der Waals surface area contributed by atoms with Crippen LogP contribution in [0.4, 0.5) is 5.69 Å². The fourth-order valence-corrected chi connectivity index (χ4v) is 4.56. The summed E-state index contributed by atoms with van der Waals surface area (Å²) in [5.74, 6) is -0.749. The van der Waals surface area contributed by atoms with Crippen LogP contribution < -0.4 is 9.62 Å². The summed E-state index contributed by atoms with van der Waals surface area (Å²) >= 11 is 5.99. The standard InChI is InChI=1S/C24H32ClN3O4S/c1-6-21(24(30)26-17(2)3)27(15-19-11-13-20(25)14-12-19)23(29)16-28(33(5,31)32)22-10-8-7-9-18(22)4/h7-14,17,21H,6,15-16H2,1-5H3,(H,26,30)/t21-/m1/s1. The van der Waals surface area contributed by atoms with Crippen molar-refractivity contribution in [3.05, 3.63) is 64.7 Å². The SMILES string of the molecule is CC[C@H](C(=O)NC(C)C)N(Cc1ccc(Cl)cc1)C(=O)CN(c1ccccc1C)S(C)(=O)=O. The number of hydrogen-bond acceptors (Lipinski definition) is 4. The number of hydrogen-bond donors (Lipinski definition) is 1. The molecule has 0 fully saturated rings. The molecule has 1 atom stereocenters. The Morgan fingerprint density at radius 3 is 2.18 bits per heavy atom. The number of para-hydroxylation sites is 1. The van der Waals surface area contributed by atoms with Gasteiger partial charge >= 0.3 is 0 Å². The number of halogens is 1. The van der Waals surface area contributed by atoms with Crippen LogP contribution in [-0.4, -0.2) is 50.0 Å². The minimum absolute atomic E-state index is 0.0986. The molecule has 2 rings (SSSR count). The molecule has 2 aromatic rings. The molecule has 7 nitrogen and oxygen atoms in total. The minimum Gasteiger partial charge on any atom is -0.352 e. The number of benzene rings is 2. The first-order chi connectivity index (χ1) is 15.4. The Hall–Kier alpha value is -2.58. The lowest BCUT2D eigenvalue weighted by molar-refractivity contribution is -0.140. The van der Waals surface area contributed by atoms with Crippen molar-refractivity contribution in [2.75, 3.05) is 17.1 Å². The van der Waals surface area contributed by atoms with Crippen LogP contribution in [0.15, 0.2) is 48.5 Å². The third-order valence-corrected chi connectivity index (χ3v) is 6.52. The smallest absolute Gasteiger partial charge is 0.244 e. The molecule has 33 heavy (non-hydrogen) atoms. The number of nitrogens with one attached hydrogen (secondary N) is 1. The van der Waals surface area contributed by atoms with E-state index < -0.39 is 28.5 Å². The van der Waals surface area contributed by atoms with Gasteiger partial charge in [0, 0.05) is 17.6 Å². The predicted octanol–water partition coefficient (Wildman–Crippen LogP) is 3.75. The van der Waals surface area contributed by atoms with E-state index in [0.717, 1.165) is 21.7 Å². The summed E-state index contributed by atoms with van der Waals surface area (Å²) in [6.45, 7) is 7.03. The third-order valence-electron chi connectivity index (χ3n) is 5.15. The average Bonchev–Trinajstić information content (AvgIpc) is 2.72. The van der Waals surface area contributed by atoms with Crippen molar-refractivity contribution in [2.45, 2.75) is 52.7 Å². The molecule has 0 aliphatic rings. The van der Waals surface area contributed by atoms with Crippen LogP contribution in [0.1, 0.15) is 38.3 Å².